The van der Waals surface area contributed by atoms with Gasteiger partial charge in [0.25, 0.3) is 0 Å². The van der Waals surface area contributed by atoms with Gasteiger partial charge in [-0.2, -0.15) is 0 Å². The third-order valence-corrected chi connectivity index (χ3v) is 7.06. The summed E-state index contributed by atoms with van der Waals surface area (Å²) in [7, 11) is -3.81. The molecule has 10 heteroatoms. The highest BCUT2D eigenvalue weighted by molar-refractivity contribution is 9.10. The number of sulfonamides is 1. The number of amides is 2. The molecule has 0 aliphatic carbocycles. The van der Waals surface area contributed by atoms with Crippen LogP contribution in [0.1, 0.15) is 31.9 Å². The lowest BCUT2D eigenvalue weighted by molar-refractivity contribution is -0.139. The molecule has 0 spiro atoms. The van der Waals surface area contributed by atoms with Gasteiger partial charge in [-0.3, -0.25) is 13.9 Å². The zero-order chi connectivity index (χ0) is 24.9. The maximum atomic E-state index is 13.5. The van der Waals surface area contributed by atoms with Crippen molar-refractivity contribution in [3.8, 4) is 0 Å². The smallest absolute Gasteiger partial charge is 0.244 e. The van der Waals surface area contributed by atoms with Crippen LogP contribution in [-0.4, -0.2) is 50.0 Å². The number of carbonyl (C=O) groups is 2. The molecule has 0 saturated heterocycles. The van der Waals surface area contributed by atoms with Crippen molar-refractivity contribution in [2.75, 3.05) is 17.1 Å². The van der Waals surface area contributed by atoms with E-state index in [4.69, 9.17) is 11.6 Å². The number of anilines is 1. The van der Waals surface area contributed by atoms with Crippen molar-refractivity contribution in [3.63, 3.8) is 0 Å². The molecule has 180 valence electrons. The lowest BCUT2D eigenvalue weighted by Crippen LogP contribution is -2.52. The van der Waals surface area contributed by atoms with Gasteiger partial charge in [-0.05, 0) is 63.1 Å². The minimum absolute atomic E-state index is 0.107. The van der Waals surface area contributed by atoms with E-state index in [2.05, 4.69) is 21.2 Å². The van der Waals surface area contributed by atoms with Crippen LogP contribution >= 0.6 is 27.5 Å². The molecular formula is C23H29BrClN3O4S. The summed E-state index contributed by atoms with van der Waals surface area (Å²) in [6, 6.07) is 11.3. The fraction of sp³-hybridized carbons (Fsp3) is 0.391. The first-order valence-corrected chi connectivity index (χ1v) is 13.4. The van der Waals surface area contributed by atoms with Crippen molar-refractivity contribution in [3.05, 3.63) is 63.1 Å². The normalized spacial score (nSPS) is 12.4. The number of rotatable bonds is 9. The Morgan fingerprint density at radius 3 is 2.33 bits per heavy atom. The average Bonchev–Trinajstić information content (AvgIpc) is 2.70. The van der Waals surface area contributed by atoms with Crippen LogP contribution in [0.25, 0.3) is 0 Å². The Morgan fingerprint density at radius 1 is 1.12 bits per heavy atom. The second kappa shape index (κ2) is 11.4. The number of hydrogen-bond acceptors (Lipinski definition) is 4. The zero-order valence-corrected chi connectivity index (χ0v) is 22.5. The predicted octanol–water partition coefficient (Wildman–Crippen LogP) is 4.12. The molecule has 0 aromatic heterocycles. The molecular weight excluding hydrogens is 530 g/mol. The monoisotopic (exact) mass is 557 g/mol. The summed E-state index contributed by atoms with van der Waals surface area (Å²) in [4.78, 5) is 27.6. The number of hydrogen-bond donors (Lipinski definition) is 1. The van der Waals surface area contributed by atoms with E-state index in [1.54, 1.807) is 32.0 Å². The number of carbonyl (C=O) groups excluding carboxylic acids is 2. The van der Waals surface area contributed by atoms with Crippen LogP contribution < -0.4 is 9.62 Å². The van der Waals surface area contributed by atoms with Gasteiger partial charge in [0.1, 0.15) is 12.6 Å². The number of nitrogens with one attached hydrogen (secondary N) is 1. The molecule has 2 amide bonds. The van der Waals surface area contributed by atoms with Gasteiger partial charge < -0.3 is 10.2 Å². The summed E-state index contributed by atoms with van der Waals surface area (Å²) in [6.07, 6.45) is 1.04. The summed E-state index contributed by atoms with van der Waals surface area (Å²) in [6.45, 7) is 6.66. The standard InChI is InChI=1S/C23H29BrClN3O4S/c1-15(2)26-23(30)17(4)27(13-18-8-6-9-19(24)12-18)22(29)14-28(33(5,31)32)21-11-7-10-20(25)16(21)3/h6-12,15,17H,13-14H2,1-5H3,(H,26,30). The zero-order valence-electron chi connectivity index (χ0n) is 19.3. The fourth-order valence-corrected chi connectivity index (χ4v) is 4.80. The van der Waals surface area contributed by atoms with E-state index in [0.29, 0.717) is 16.3 Å². The molecule has 1 unspecified atom stereocenters. The Labute approximate surface area is 209 Å². The summed E-state index contributed by atoms with van der Waals surface area (Å²) in [5.74, 6) is -0.829. The average molecular weight is 559 g/mol. The van der Waals surface area contributed by atoms with Crippen molar-refractivity contribution in [1.29, 1.82) is 0 Å². The third-order valence-electron chi connectivity index (χ3n) is 5.03. The van der Waals surface area contributed by atoms with Crippen LogP contribution in [0.4, 0.5) is 5.69 Å². The van der Waals surface area contributed by atoms with E-state index in [9.17, 15) is 18.0 Å². The quantitative estimate of drug-likeness (QED) is 0.502. The van der Waals surface area contributed by atoms with Crippen molar-refractivity contribution in [2.45, 2.75) is 46.3 Å². The first-order chi connectivity index (χ1) is 15.3. The topological polar surface area (TPSA) is 86.8 Å². The lowest BCUT2D eigenvalue weighted by Gasteiger charge is -2.32. The molecule has 7 nitrogen and oxygen atoms in total. The van der Waals surface area contributed by atoms with Crippen molar-refractivity contribution in [2.24, 2.45) is 0 Å². The van der Waals surface area contributed by atoms with Gasteiger partial charge in [0.15, 0.2) is 0 Å². The van der Waals surface area contributed by atoms with Crippen molar-refractivity contribution < 1.29 is 18.0 Å². The van der Waals surface area contributed by atoms with E-state index in [1.165, 1.54) is 4.90 Å². The van der Waals surface area contributed by atoms with Gasteiger partial charge in [0, 0.05) is 22.1 Å². The molecule has 1 atom stereocenters. The first-order valence-electron chi connectivity index (χ1n) is 10.4. The van der Waals surface area contributed by atoms with E-state index >= 15 is 0 Å². The van der Waals surface area contributed by atoms with Crippen molar-refractivity contribution >= 4 is 55.1 Å². The molecule has 1 N–H and O–H groups in total. The van der Waals surface area contributed by atoms with Crippen LogP contribution in [-0.2, 0) is 26.2 Å². The van der Waals surface area contributed by atoms with E-state index in [0.717, 1.165) is 20.6 Å². The fourth-order valence-electron chi connectivity index (χ4n) is 3.28. The van der Waals surface area contributed by atoms with Gasteiger partial charge in [-0.25, -0.2) is 8.42 Å². The van der Waals surface area contributed by atoms with Crippen LogP contribution in [0.2, 0.25) is 5.02 Å². The van der Waals surface area contributed by atoms with Gasteiger partial charge in [-0.1, -0.05) is 45.7 Å². The molecule has 2 aromatic carbocycles. The Hall–Kier alpha value is -2.10. The van der Waals surface area contributed by atoms with Crippen LogP contribution in [0.3, 0.4) is 0 Å². The lowest BCUT2D eigenvalue weighted by atomic mass is 10.1. The predicted molar refractivity (Wildman–Crippen MR) is 136 cm³/mol. The second-order valence-corrected chi connectivity index (χ2v) is 11.4. The van der Waals surface area contributed by atoms with E-state index < -0.39 is 28.5 Å². The molecule has 0 aliphatic rings. The first kappa shape index (κ1) is 27.1. The van der Waals surface area contributed by atoms with Gasteiger partial charge in [0.2, 0.25) is 21.8 Å². The molecule has 2 rings (SSSR count). The SMILES string of the molecule is Cc1c(Cl)cccc1N(CC(=O)N(Cc1cccc(Br)c1)C(C)C(=O)NC(C)C)S(C)(=O)=O. The van der Waals surface area contributed by atoms with Crippen LogP contribution in [0.15, 0.2) is 46.9 Å². The number of benzene rings is 2. The second-order valence-electron chi connectivity index (χ2n) is 8.14. The molecule has 0 heterocycles. The Kier molecular flexibility index (Phi) is 9.34. The maximum Gasteiger partial charge on any atom is 0.244 e. The minimum Gasteiger partial charge on any atom is -0.352 e. The van der Waals surface area contributed by atoms with Crippen molar-refractivity contribution in [1.82, 2.24) is 10.2 Å². The summed E-state index contributed by atoms with van der Waals surface area (Å²) in [5, 5.41) is 3.21. The van der Waals surface area contributed by atoms with E-state index in [1.807, 2.05) is 38.1 Å². The minimum atomic E-state index is -3.81. The summed E-state index contributed by atoms with van der Waals surface area (Å²) < 4.78 is 27.1. The molecule has 2 aromatic rings. The molecule has 0 bridgehead atoms. The highest BCUT2D eigenvalue weighted by Crippen LogP contribution is 2.28. The molecule has 0 fully saturated rings. The third kappa shape index (κ3) is 7.45. The van der Waals surface area contributed by atoms with E-state index in [-0.39, 0.29) is 18.5 Å². The molecule has 33 heavy (non-hydrogen) atoms. The molecule has 0 aliphatic heterocycles. The number of halogens is 2. The largest absolute Gasteiger partial charge is 0.352 e. The Bertz CT molecular complexity index is 1120. The molecule has 0 radical (unpaired) electrons. The van der Waals surface area contributed by atoms with Gasteiger partial charge >= 0.3 is 0 Å². The van der Waals surface area contributed by atoms with Gasteiger partial charge in [-0.15, -0.1) is 0 Å². The van der Waals surface area contributed by atoms with Gasteiger partial charge in [0.05, 0.1) is 11.9 Å². The summed E-state index contributed by atoms with van der Waals surface area (Å²) >= 11 is 9.61. The summed E-state index contributed by atoms with van der Waals surface area (Å²) in [5.41, 5.74) is 1.66. The Balaban J connectivity index is 2.44. The number of nitrogens with zero attached hydrogens (tertiary/aromatic N) is 2. The Morgan fingerprint density at radius 2 is 1.76 bits per heavy atom. The maximum absolute atomic E-state index is 13.5. The highest BCUT2D eigenvalue weighted by atomic mass is 79.9. The highest BCUT2D eigenvalue weighted by Gasteiger charge is 2.31. The van der Waals surface area contributed by atoms with Crippen LogP contribution in [0, 0.1) is 6.92 Å². The molecule has 0 saturated carbocycles. The van der Waals surface area contributed by atoms with Crippen LogP contribution in [0.5, 0.6) is 0 Å².